The molecule has 1 heterocycles. The summed E-state index contributed by atoms with van der Waals surface area (Å²) < 4.78 is 3.80. The zero-order chi connectivity index (χ0) is 11.3. The lowest BCUT2D eigenvalue weighted by Crippen LogP contribution is -2.31. The van der Waals surface area contributed by atoms with Gasteiger partial charge in [0.2, 0.25) is 6.33 Å². The molecule has 0 aliphatic carbocycles. The predicted molar refractivity (Wildman–Crippen MR) is 56.5 cm³/mol. The summed E-state index contributed by atoms with van der Waals surface area (Å²) in [6.07, 6.45) is 8.52. The first-order valence-corrected chi connectivity index (χ1v) is 5.48. The van der Waals surface area contributed by atoms with Gasteiger partial charge in [0.25, 0.3) is 0 Å². The zero-order valence-electron chi connectivity index (χ0n) is 9.39. The molecule has 0 amide bonds. The minimum Gasteiger partial charge on any atom is -0.478 e. The van der Waals surface area contributed by atoms with Crippen molar-refractivity contribution in [1.82, 2.24) is 4.57 Å². The predicted octanol–water partition coefficient (Wildman–Crippen LogP) is 1.61. The van der Waals surface area contributed by atoms with Crippen LogP contribution in [0.15, 0.2) is 18.7 Å². The number of aliphatic carboxylic acids is 1. The smallest absolute Gasteiger partial charge is 0.349 e. The van der Waals surface area contributed by atoms with E-state index in [1.54, 1.807) is 4.57 Å². The van der Waals surface area contributed by atoms with Gasteiger partial charge >= 0.3 is 5.97 Å². The molecular weight excluding hydrogens is 192 g/mol. The van der Waals surface area contributed by atoms with Gasteiger partial charge in [-0.15, -0.1) is 0 Å². The topological polar surface area (TPSA) is 46.1 Å². The van der Waals surface area contributed by atoms with E-state index >= 15 is 0 Å². The van der Waals surface area contributed by atoms with Gasteiger partial charge in [-0.3, -0.25) is 0 Å². The van der Waals surface area contributed by atoms with Gasteiger partial charge in [0.1, 0.15) is 12.4 Å². The summed E-state index contributed by atoms with van der Waals surface area (Å²) >= 11 is 0. The fourth-order valence-corrected chi connectivity index (χ4v) is 1.58. The van der Waals surface area contributed by atoms with E-state index in [4.69, 9.17) is 5.11 Å². The molecule has 0 fully saturated rings. The number of aromatic nitrogens is 2. The van der Waals surface area contributed by atoms with Crippen LogP contribution >= 0.6 is 0 Å². The summed E-state index contributed by atoms with van der Waals surface area (Å²) in [4.78, 5) is 10.9. The van der Waals surface area contributed by atoms with E-state index in [0.29, 0.717) is 6.42 Å². The van der Waals surface area contributed by atoms with Crippen LogP contribution < -0.4 is 4.57 Å². The highest BCUT2D eigenvalue weighted by atomic mass is 16.4. The third-order valence-corrected chi connectivity index (χ3v) is 2.51. The molecule has 1 atom stereocenters. The molecule has 0 aromatic carbocycles. The lowest BCUT2D eigenvalue weighted by atomic mass is 10.2. The highest BCUT2D eigenvalue weighted by Gasteiger charge is 2.22. The third-order valence-electron chi connectivity index (χ3n) is 2.51. The quantitative estimate of drug-likeness (QED) is 0.727. The molecule has 1 aromatic heterocycles. The Morgan fingerprint density at radius 3 is 2.80 bits per heavy atom. The molecule has 0 radical (unpaired) electrons. The van der Waals surface area contributed by atoms with E-state index < -0.39 is 12.0 Å². The first-order valence-electron chi connectivity index (χ1n) is 5.48. The van der Waals surface area contributed by atoms with E-state index in [-0.39, 0.29) is 0 Å². The number of unbranched alkanes of at least 4 members (excludes halogenated alkanes) is 1. The fourth-order valence-electron chi connectivity index (χ4n) is 1.58. The van der Waals surface area contributed by atoms with Gasteiger partial charge in [-0.25, -0.2) is 13.9 Å². The second-order valence-electron chi connectivity index (χ2n) is 3.71. The van der Waals surface area contributed by atoms with Crippen LogP contribution in [0.4, 0.5) is 0 Å². The Hall–Kier alpha value is -1.32. The van der Waals surface area contributed by atoms with Crippen LogP contribution in [-0.2, 0) is 11.3 Å². The summed E-state index contributed by atoms with van der Waals surface area (Å²) in [7, 11) is 0. The third kappa shape index (κ3) is 3.08. The molecule has 15 heavy (non-hydrogen) atoms. The van der Waals surface area contributed by atoms with Crippen LogP contribution in [0.25, 0.3) is 0 Å². The molecule has 1 aromatic rings. The van der Waals surface area contributed by atoms with Gasteiger partial charge in [-0.1, -0.05) is 20.3 Å². The SMILES string of the molecule is CCCC[n+]1ccn(C(CC)C(=O)O)c1. The van der Waals surface area contributed by atoms with Gasteiger partial charge in [0, 0.05) is 0 Å². The number of nitrogens with zero attached hydrogens (tertiary/aromatic N) is 2. The van der Waals surface area contributed by atoms with E-state index in [9.17, 15) is 4.79 Å². The van der Waals surface area contributed by atoms with Crippen LogP contribution in [0.1, 0.15) is 39.2 Å². The Bertz CT molecular complexity index is 320. The lowest BCUT2D eigenvalue weighted by molar-refractivity contribution is -0.696. The number of hydrogen-bond donors (Lipinski definition) is 1. The number of carboxylic acid groups (broad SMARTS) is 1. The normalized spacial score (nSPS) is 12.7. The van der Waals surface area contributed by atoms with Crippen LogP contribution in [0.5, 0.6) is 0 Å². The Labute approximate surface area is 90.2 Å². The van der Waals surface area contributed by atoms with Crippen molar-refractivity contribution >= 4 is 5.97 Å². The Balaban J connectivity index is 2.69. The van der Waals surface area contributed by atoms with Crippen LogP contribution in [0, 0.1) is 0 Å². The highest BCUT2D eigenvalue weighted by molar-refractivity contribution is 5.71. The molecule has 0 bridgehead atoms. The molecule has 1 rings (SSSR count). The molecule has 0 aliphatic rings. The van der Waals surface area contributed by atoms with E-state index in [0.717, 1.165) is 19.4 Å². The molecule has 0 aliphatic heterocycles. The van der Waals surface area contributed by atoms with Crippen LogP contribution in [-0.4, -0.2) is 15.6 Å². The summed E-state index contributed by atoms with van der Waals surface area (Å²) in [6.45, 7) is 4.98. The average molecular weight is 211 g/mol. The largest absolute Gasteiger partial charge is 0.478 e. The standard InChI is InChI=1S/C11H18N2O2/c1-3-5-6-12-7-8-13(9-12)10(4-2)11(14)15/h7-10H,3-6H2,1-2H3/p+1. The monoisotopic (exact) mass is 211 g/mol. The molecule has 84 valence electrons. The first-order chi connectivity index (χ1) is 7.19. The maximum absolute atomic E-state index is 10.9. The second-order valence-corrected chi connectivity index (χ2v) is 3.71. The molecule has 0 saturated heterocycles. The molecule has 0 saturated carbocycles. The van der Waals surface area contributed by atoms with Crippen molar-refractivity contribution in [3.05, 3.63) is 18.7 Å². The number of carboxylic acids is 1. The first kappa shape index (κ1) is 11.8. The zero-order valence-corrected chi connectivity index (χ0v) is 9.39. The van der Waals surface area contributed by atoms with Crippen LogP contribution in [0.2, 0.25) is 0 Å². The lowest BCUT2D eigenvalue weighted by Gasteiger charge is -2.04. The number of carbonyl (C=O) groups is 1. The van der Waals surface area contributed by atoms with Crippen molar-refractivity contribution in [2.45, 2.75) is 45.7 Å². The number of rotatable bonds is 6. The Morgan fingerprint density at radius 1 is 1.53 bits per heavy atom. The van der Waals surface area contributed by atoms with Crippen molar-refractivity contribution in [1.29, 1.82) is 0 Å². The van der Waals surface area contributed by atoms with Crippen LogP contribution in [0.3, 0.4) is 0 Å². The van der Waals surface area contributed by atoms with Gasteiger partial charge in [-0.05, 0) is 12.8 Å². The van der Waals surface area contributed by atoms with Gasteiger partial charge in [-0.2, -0.15) is 0 Å². The summed E-state index contributed by atoms with van der Waals surface area (Å²) in [6, 6.07) is -0.437. The second kappa shape index (κ2) is 5.53. The van der Waals surface area contributed by atoms with Crippen molar-refractivity contribution in [3.8, 4) is 0 Å². The molecule has 4 nitrogen and oxygen atoms in total. The van der Waals surface area contributed by atoms with Gasteiger partial charge < -0.3 is 5.11 Å². The Kier molecular flexibility index (Phi) is 4.34. The highest BCUT2D eigenvalue weighted by Crippen LogP contribution is 2.09. The minimum absolute atomic E-state index is 0.437. The fraction of sp³-hybridized carbons (Fsp3) is 0.636. The van der Waals surface area contributed by atoms with E-state index in [2.05, 4.69) is 6.92 Å². The van der Waals surface area contributed by atoms with Crippen molar-refractivity contribution in [2.24, 2.45) is 0 Å². The Morgan fingerprint density at radius 2 is 2.27 bits per heavy atom. The van der Waals surface area contributed by atoms with Gasteiger partial charge in [0.15, 0.2) is 6.04 Å². The number of imidazole rings is 1. The molecular formula is C11H19N2O2+. The summed E-state index contributed by atoms with van der Waals surface area (Å²) in [5.41, 5.74) is 0. The summed E-state index contributed by atoms with van der Waals surface area (Å²) in [5.74, 6) is -0.768. The molecule has 4 heteroatoms. The van der Waals surface area contributed by atoms with Gasteiger partial charge in [0.05, 0.1) is 6.54 Å². The van der Waals surface area contributed by atoms with Crippen molar-refractivity contribution < 1.29 is 14.5 Å². The molecule has 0 spiro atoms. The van der Waals surface area contributed by atoms with Crippen molar-refractivity contribution in [3.63, 3.8) is 0 Å². The molecule has 1 unspecified atom stereocenters. The molecule has 1 N–H and O–H groups in total. The van der Waals surface area contributed by atoms with E-state index in [1.165, 1.54) is 0 Å². The minimum atomic E-state index is -0.768. The number of aryl methyl sites for hydroxylation is 1. The van der Waals surface area contributed by atoms with E-state index in [1.807, 2.05) is 30.2 Å². The maximum Gasteiger partial charge on any atom is 0.349 e. The average Bonchev–Trinajstić information content (AvgIpc) is 2.64. The summed E-state index contributed by atoms with van der Waals surface area (Å²) in [5, 5.41) is 8.98. The van der Waals surface area contributed by atoms with Crippen molar-refractivity contribution in [2.75, 3.05) is 0 Å². The maximum atomic E-state index is 10.9. The number of hydrogen-bond acceptors (Lipinski definition) is 1.